The summed E-state index contributed by atoms with van der Waals surface area (Å²) in [4.78, 5) is 27.3. The van der Waals surface area contributed by atoms with Gasteiger partial charge in [0, 0.05) is 39.1 Å². The summed E-state index contributed by atoms with van der Waals surface area (Å²) >= 11 is 0. The van der Waals surface area contributed by atoms with Crippen LogP contribution in [0.1, 0.15) is 12.0 Å². The van der Waals surface area contributed by atoms with Gasteiger partial charge in [0.15, 0.2) is 6.61 Å². The molecule has 1 heterocycles. The zero-order chi connectivity index (χ0) is 15.9. The summed E-state index contributed by atoms with van der Waals surface area (Å²) in [6.07, 6.45) is 0.366. The fourth-order valence-corrected chi connectivity index (χ4v) is 2.36. The van der Waals surface area contributed by atoms with E-state index in [9.17, 15) is 9.59 Å². The van der Waals surface area contributed by atoms with Crippen molar-refractivity contribution in [3.8, 4) is 5.75 Å². The summed E-state index contributed by atoms with van der Waals surface area (Å²) in [6.45, 7) is 4.62. The molecule has 1 aromatic carbocycles. The van der Waals surface area contributed by atoms with Gasteiger partial charge in [-0.2, -0.15) is 0 Å². The molecule has 6 heteroatoms. The summed E-state index contributed by atoms with van der Waals surface area (Å²) in [6, 6.07) is 7.60. The van der Waals surface area contributed by atoms with Crippen LogP contribution < -0.4 is 10.5 Å². The lowest BCUT2D eigenvalue weighted by Crippen LogP contribution is -2.51. The highest BCUT2D eigenvalue weighted by Crippen LogP contribution is 2.12. The number of nitrogens with zero attached hydrogens (tertiary/aromatic N) is 2. The minimum Gasteiger partial charge on any atom is -0.484 e. The number of carbonyl (C=O) groups is 2. The zero-order valence-electron chi connectivity index (χ0n) is 13.0. The van der Waals surface area contributed by atoms with E-state index in [1.807, 2.05) is 31.2 Å². The normalized spacial score (nSPS) is 14.8. The Balaban J connectivity index is 1.75. The standard InChI is InChI=1S/C16H23N3O3/c1-13-2-4-14(5-3-13)22-12-16(21)19-10-8-18(9-11-19)15(20)6-7-17/h2-5H,6-12,17H2,1H3. The number of ether oxygens (including phenoxy) is 1. The van der Waals surface area contributed by atoms with Crippen molar-refractivity contribution in [2.24, 2.45) is 5.73 Å². The molecule has 0 radical (unpaired) electrons. The second kappa shape index (κ2) is 7.79. The van der Waals surface area contributed by atoms with Gasteiger partial charge in [-0.05, 0) is 19.1 Å². The summed E-state index contributed by atoms with van der Waals surface area (Å²) in [5.41, 5.74) is 6.54. The highest BCUT2D eigenvalue weighted by atomic mass is 16.5. The third-order valence-electron chi connectivity index (χ3n) is 3.73. The largest absolute Gasteiger partial charge is 0.484 e. The Morgan fingerprint density at radius 2 is 1.59 bits per heavy atom. The van der Waals surface area contributed by atoms with Crippen molar-refractivity contribution in [1.29, 1.82) is 0 Å². The maximum atomic E-state index is 12.1. The van der Waals surface area contributed by atoms with E-state index in [1.165, 1.54) is 0 Å². The molecule has 0 bridgehead atoms. The van der Waals surface area contributed by atoms with E-state index in [4.69, 9.17) is 10.5 Å². The molecule has 2 amide bonds. The van der Waals surface area contributed by atoms with E-state index in [0.717, 1.165) is 5.56 Å². The number of hydrogen-bond donors (Lipinski definition) is 1. The second-order valence-corrected chi connectivity index (χ2v) is 5.40. The molecule has 0 unspecified atom stereocenters. The topological polar surface area (TPSA) is 75.9 Å². The Morgan fingerprint density at radius 3 is 2.14 bits per heavy atom. The van der Waals surface area contributed by atoms with Crippen molar-refractivity contribution in [3.63, 3.8) is 0 Å². The van der Waals surface area contributed by atoms with E-state index in [0.29, 0.717) is 44.9 Å². The van der Waals surface area contributed by atoms with Crippen LogP contribution in [0.2, 0.25) is 0 Å². The highest BCUT2D eigenvalue weighted by Gasteiger charge is 2.23. The maximum Gasteiger partial charge on any atom is 0.260 e. The maximum absolute atomic E-state index is 12.1. The molecule has 1 saturated heterocycles. The van der Waals surface area contributed by atoms with Gasteiger partial charge in [-0.1, -0.05) is 17.7 Å². The molecular weight excluding hydrogens is 282 g/mol. The number of rotatable bonds is 5. The van der Waals surface area contributed by atoms with Crippen molar-refractivity contribution < 1.29 is 14.3 Å². The van der Waals surface area contributed by atoms with Gasteiger partial charge in [0.25, 0.3) is 5.91 Å². The molecule has 0 atom stereocenters. The van der Waals surface area contributed by atoms with E-state index in [1.54, 1.807) is 9.80 Å². The Bertz CT molecular complexity index is 508. The molecule has 1 aromatic rings. The number of aryl methyl sites for hydroxylation is 1. The number of carbonyl (C=O) groups excluding carboxylic acids is 2. The molecule has 1 aliphatic heterocycles. The third kappa shape index (κ3) is 4.46. The lowest BCUT2D eigenvalue weighted by molar-refractivity contribution is -0.140. The Morgan fingerprint density at radius 1 is 1.05 bits per heavy atom. The molecule has 1 aliphatic rings. The minimum absolute atomic E-state index is 0.0276. The van der Waals surface area contributed by atoms with Gasteiger partial charge >= 0.3 is 0 Å². The van der Waals surface area contributed by atoms with Crippen LogP contribution in [0, 0.1) is 6.92 Å². The summed E-state index contributed by atoms with van der Waals surface area (Å²) in [7, 11) is 0. The van der Waals surface area contributed by atoms with Crippen molar-refractivity contribution in [2.75, 3.05) is 39.3 Å². The number of hydrogen-bond acceptors (Lipinski definition) is 4. The lowest BCUT2D eigenvalue weighted by atomic mass is 10.2. The SMILES string of the molecule is Cc1ccc(OCC(=O)N2CCN(C(=O)CCN)CC2)cc1. The Hall–Kier alpha value is -2.08. The molecule has 1 fully saturated rings. The fraction of sp³-hybridized carbons (Fsp3) is 0.500. The first-order valence-electron chi connectivity index (χ1n) is 7.55. The van der Waals surface area contributed by atoms with Crippen molar-refractivity contribution in [3.05, 3.63) is 29.8 Å². The first kappa shape index (κ1) is 16.3. The molecule has 0 aliphatic carbocycles. The van der Waals surface area contributed by atoms with Gasteiger partial charge in [-0.25, -0.2) is 0 Å². The van der Waals surface area contributed by atoms with Crippen LogP contribution in [-0.2, 0) is 9.59 Å². The van der Waals surface area contributed by atoms with Gasteiger partial charge in [-0.3, -0.25) is 9.59 Å². The van der Waals surface area contributed by atoms with Crippen molar-refractivity contribution in [2.45, 2.75) is 13.3 Å². The quantitative estimate of drug-likeness (QED) is 0.854. The van der Waals surface area contributed by atoms with E-state index >= 15 is 0 Å². The number of benzene rings is 1. The van der Waals surface area contributed by atoms with Crippen LogP contribution >= 0.6 is 0 Å². The molecule has 120 valence electrons. The predicted molar refractivity (Wildman–Crippen MR) is 83.5 cm³/mol. The lowest BCUT2D eigenvalue weighted by Gasteiger charge is -2.34. The smallest absolute Gasteiger partial charge is 0.260 e. The van der Waals surface area contributed by atoms with Gasteiger partial charge in [-0.15, -0.1) is 0 Å². The number of amides is 2. The molecule has 2 N–H and O–H groups in total. The van der Waals surface area contributed by atoms with Crippen LogP contribution in [0.25, 0.3) is 0 Å². The second-order valence-electron chi connectivity index (χ2n) is 5.40. The van der Waals surface area contributed by atoms with Crippen LogP contribution in [0.15, 0.2) is 24.3 Å². The third-order valence-corrected chi connectivity index (χ3v) is 3.73. The van der Waals surface area contributed by atoms with Gasteiger partial charge in [0.05, 0.1) is 0 Å². The minimum atomic E-state index is -0.0495. The summed E-state index contributed by atoms with van der Waals surface area (Å²) < 4.78 is 5.50. The predicted octanol–water partition coefficient (Wildman–Crippen LogP) is 0.393. The molecular formula is C16H23N3O3. The molecule has 0 aromatic heterocycles. The van der Waals surface area contributed by atoms with Crippen LogP contribution in [-0.4, -0.2) is 60.9 Å². The van der Waals surface area contributed by atoms with Crippen molar-refractivity contribution in [1.82, 2.24) is 9.80 Å². The Kier molecular flexibility index (Phi) is 5.77. The number of piperazine rings is 1. The average Bonchev–Trinajstić information content (AvgIpc) is 2.54. The molecule has 0 spiro atoms. The first-order chi connectivity index (χ1) is 10.6. The molecule has 6 nitrogen and oxygen atoms in total. The van der Waals surface area contributed by atoms with Crippen LogP contribution in [0.3, 0.4) is 0 Å². The van der Waals surface area contributed by atoms with Gasteiger partial charge in [0.1, 0.15) is 5.75 Å². The van der Waals surface area contributed by atoms with Crippen LogP contribution in [0.4, 0.5) is 0 Å². The van der Waals surface area contributed by atoms with Gasteiger partial charge in [0.2, 0.25) is 5.91 Å². The van der Waals surface area contributed by atoms with Crippen LogP contribution in [0.5, 0.6) is 5.75 Å². The van der Waals surface area contributed by atoms with Crippen molar-refractivity contribution >= 4 is 11.8 Å². The monoisotopic (exact) mass is 305 g/mol. The molecule has 2 rings (SSSR count). The summed E-state index contributed by atoms with van der Waals surface area (Å²) in [5.74, 6) is 0.702. The average molecular weight is 305 g/mol. The Labute approximate surface area is 130 Å². The summed E-state index contributed by atoms with van der Waals surface area (Å²) in [5, 5.41) is 0. The van der Waals surface area contributed by atoms with E-state index in [-0.39, 0.29) is 18.4 Å². The van der Waals surface area contributed by atoms with Gasteiger partial charge < -0.3 is 20.3 Å². The fourth-order valence-electron chi connectivity index (χ4n) is 2.36. The molecule has 0 saturated carbocycles. The molecule has 22 heavy (non-hydrogen) atoms. The number of nitrogens with two attached hydrogens (primary N) is 1. The zero-order valence-corrected chi connectivity index (χ0v) is 13.0. The first-order valence-corrected chi connectivity index (χ1v) is 7.55. The van der Waals surface area contributed by atoms with E-state index in [2.05, 4.69) is 0 Å². The highest BCUT2D eigenvalue weighted by molar-refractivity contribution is 5.79. The van der Waals surface area contributed by atoms with E-state index < -0.39 is 0 Å².